The van der Waals surface area contributed by atoms with Crippen molar-refractivity contribution in [1.29, 1.82) is 0 Å². The Labute approximate surface area is 129 Å². The molecule has 1 N–H and O–H groups in total. The molecule has 22 heavy (non-hydrogen) atoms. The molecule has 0 spiro atoms. The minimum absolute atomic E-state index is 0.307. The lowest BCUT2D eigenvalue weighted by molar-refractivity contribution is 0.0959. The van der Waals surface area contributed by atoms with Crippen molar-refractivity contribution in [3.8, 4) is 0 Å². The van der Waals surface area contributed by atoms with Crippen LogP contribution in [0.5, 0.6) is 0 Å². The van der Waals surface area contributed by atoms with Crippen molar-refractivity contribution in [2.24, 2.45) is 0 Å². The van der Waals surface area contributed by atoms with Crippen LogP contribution in [0, 0.1) is 5.82 Å². The fourth-order valence-electron chi connectivity index (χ4n) is 3.09. The van der Waals surface area contributed by atoms with Gasteiger partial charge < -0.3 is 10.0 Å². The first-order valence-corrected chi connectivity index (χ1v) is 7.62. The van der Waals surface area contributed by atoms with E-state index >= 15 is 0 Å². The number of aliphatic hydroxyl groups excluding tert-OH is 1. The highest BCUT2D eigenvalue weighted by atomic mass is 19.1. The maximum atomic E-state index is 13.9. The zero-order valence-corrected chi connectivity index (χ0v) is 12.9. The molecule has 3 rings (SSSR count). The molecule has 2 heterocycles. The van der Waals surface area contributed by atoms with Gasteiger partial charge in [0.2, 0.25) is 0 Å². The highest BCUT2D eigenvalue weighted by molar-refractivity contribution is 5.89. The van der Waals surface area contributed by atoms with Crippen LogP contribution in [0.2, 0.25) is 0 Å². The standard InChI is InChI=1S/C16H21FN4O/c1-11-8-21(7-6-20(11)9-12(2)22)16-13-4-3-5-14(17)15(13)18-10-19-16/h3-5,10-12,22H,6-9H2,1-2H3. The molecule has 0 radical (unpaired) electrons. The molecular weight excluding hydrogens is 283 g/mol. The quantitative estimate of drug-likeness (QED) is 0.934. The Hall–Kier alpha value is -1.79. The first kappa shape index (κ1) is 15.1. The Kier molecular flexibility index (Phi) is 4.22. The monoisotopic (exact) mass is 304 g/mol. The summed E-state index contributed by atoms with van der Waals surface area (Å²) < 4.78 is 13.9. The fourth-order valence-corrected chi connectivity index (χ4v) is 3.09. The maximum absolute atomic E-state index is 13.9. The average Bonchev–Trinajstić information content (AvgIpc) is 2.49. The van der Waals surface area contributed by atoms with E-state index in [9.17, 15) is 9.50 Å². The van der Waals surface area contributed by atoms with Gasteiger partial charge in [0.15, 0.2) is 0 Å². The Morgan fingerprint density at radius 2 is 2.18 bits per heavy atom. The van der Waals surface area contributed by atoms with Crippen LogP contribution in [0.1, 0.15) is 13.8 Å². The molecule has 118 valence electrons. The lowest BCUT2D eigenvalue weighted by atomic mass is 10.1. The van der Waals surface area contributed by atoms with E-state index in [1.54, 1.807) is 13.0 Å². The largest absolute Gasteiger partial charge is 0.392 e. The summed E-state index contributed by atoms with van der Waals surface area (Å²) in [6.45, 7) is 7.08. The summed E-state index contributed by atoms with van der Waals surface area (Å²) >= 11 is 0. The number of anilines is 1. The molecule has 0 bridgehead atoms. The summed E-state index contributed by atoms with van der Waals surface area (Å²) in [6.07, 6.45) is 1.09. The second-order valence-corrected chi connectivity index (χ2v) is 5.97. The second-order valence-electron chi connectivity index (χ2n) is 5.97. The molecular formula is C16H21FN4O. The van der Waals surface area contributed by atoms with Crippen LogP contribution in [0.3, 0.4) is 0 Å². The molecule has 5 nitrogen and oxygen atoms in total. The first-order chi connectivity index (χ1) is 10.6. The predicted molar refractivity (Wildman–Crippen MR) is 84.4 cm³/mol. The number of piperazine rings is 1. The van der Waals surface area contributed by atoms with E-state index in [2.05, 4.69) is 26.7 Å². The summed E-state index contributed by atoms with van der Waals surface area (Å²) in [5.74, 6) is 0.468. The van der Waals surface area contributed by atoms with Crippen molar-refractivity contribution in [1.82, 2.24) is 14.9 Å². The van der Waals surface area contributed by atoms with Gasteiger partial charge in [-0.3, -0.25) is 4.90 Å². The van der Waals surface area contributed by atoms with E-state index < -0.39 is 0 Å². The fraction of sp³-hybridized carbons (Fsp3) is 0.500. The number of para-hydroxylation sites is 1. The number of hydrogen-bond donors (Lipinski definition) is 1. The van der Waals surface area contributed by atoms with Gasteiger partial charge in [-0.2, -0.15) is 0 Å². The van der Waals surface area contributed by atoms with E-state index in [1.807, 2.05) is 6.07 Å². The number of aliphatic hydroxyl groups is 1. The molecule has 0 amide bonds. The molecule has 2 aromatic rings. The Bertz CT molecular complexity index is 664. The van der Waals surface area contributed by atoms with E-state index in [-0.39, 0.29) is 11.9 Å². The van der Waals surface area contributed by atoms with Gasteiger partial charge in [0.05, 0.1) is 6.10 Å². The van der Waals surface area contributed by atoms with E-state index in [1.165, 1.54) is 12.4 Å². The lowest BCUT2D eigenvalue weighted by Gasteiger charge is -2.41. The number of rotatable bonds is 3. The van der Waals surface area contributed by atoms with Crippen LogP contribution < -0.4 is 4.90 Å². The van der Waals surface area contributed by atoms with E-state index in [0.717, 1.165) is 30.8 Å². The van der Waals surface area contributed by atoms with Crippen molar-refractivity contribution in [3.05, 3.63) is 30.3 Å². The van der Waals surface area contributed by atoms with Crippen LogP contribution in [0.25, 0.3) is 10.9 Å². The summed E-state index contributed by atoms with van der Waals surface area (Å²) in [4.78, 5) is 12.9. The zero-order chi connectivity index (χ0) is 15.7. The third kappa shape index (κ3) is 2.89. The third-order valence-corrected chi connectivity index (χ3v) is 4.16. The van der Waals surface area contributed by atoms with Crippen molar-refractivity contribution in [2.75, 3.05) is 31.1 Å². The summed E-state index contributed by atoms with van der Waals surface area (Å²) in [6, 6.07) is 5.28. The predicted octanol–water partition coefficient (Wildman–Crippen LogP) is 1.66. The van der Waals surface area contributed by atoms with Gasteiger partial charge in [0.1, 0.15) is 23.5 Å². The summed E-state index contributed by atoms with van der Waals surface area (Å²) in [7, 11) is 0. The average molecular weight is 304 g/mol. The van der Waals surface area contributed by atoms with Crippen LogP contribution >= 0.6 is 0 Å². The Morgan fingerprint density at radius 3 is 2.91 bits per heavy atom. The van der Waals surface area contributed by atoms with Crippen LogP contribution in [0.15, 0.2) is 24.5 Å². The zero-order valence-electron chi connectivity index (χ0n) is 12.9. The van der Waals surface area contributed by atoms with Crippen molar-refractivity contribution in [3.63, 3.8) is 0 Å². The van der Waals surface area contributed by atoms with Crippen LogP contribution in [-0.2, 0) is 0 Å². The molecule has 1 aromatic heterocycles. The van der Waals surface area contributed by atoms with Gasteiger partial charge in [-0.1, -0.05) is 6.07 Å². The molecule has 1 fully saturated rings. The highest BCUT2D eigenvalue weighted by Crippen LogP contribution is 2.26. The minimum atomic E-state index is -0.331. The summed E-state index contributed by atoms with van der Waals surface area (Å²) in [5, 5.41) is 10.3. The van der Waals surface area contributed by atoms with Gasteiger partial charge in [-0.25, -0.2) is 14.4 Å². The highest BCUT2D eigenvalue weighted by Gasteiger charge is 2.26. The van der Waals surface area contributed by atoms with Gasteiger partial charge >= 0.3 is 0 Å². The molecule has 1 aliphatic rings. The number of β-amino-alcohol motifs (C(OH)–C–C–N with tert-alkyl or cyclic N) is 1. The first-order valence-electron chi connectivity index (χ1n) is 7.62. The van der Waals surface area contributed by atoms with E-state index in [4.69, 9.17) is 0 Å². The van der Waals surface area contributed by atoms with Gasteiger partial charge in [-0.15, -0.1) is 0 Å². The smallest absolute Gasteiger partial charge is 0.149 e. The lowest BCUT2D eigenvalue weighted by Crippen LogP contribution is -2.53. The molecule has 0 aliphatic carbocycles. The van der Waals surface area contributed by atoms with Crippen LogP contribution in [0.4, 0.5) is 10.2 Å². The molecule has 0 saturated carbocycles. The van der Waals surface area contributed by atoms with E-state index in [0.29, 0.717) is 18.1 Å². The number of benzene rings is 1. The van der Waals surface area contributed by atoms with Gasteiger partial charge in [-0.05, 0) is 26.0 Å². The van der Waals surface area contributed by atoms with Crippen molar-refractivity contribution >= 4 is 16.7 Å². The number of fused-ring (bicyclic) bond motifs is 1. The Morgan fingerprint density at radius 1 is 1.36 bits per heavy atom. The second kappa shape index (κ2) is 6.14. The molecule has 6 heteroatoms. The summed E-state index contributed by atoms with van der Waals surface area (Å²) in [5.41, 5.74) is 0.367. The van der Waals surface area contributed by atoms with Gasteiger partial charge in [0, 0.05) is 37.6 Å². The Balaban J connectivity index is 1.86. The SMILES string of the molecule is CC(O)CN1CCN(c2ncnc3c(F)cccc23)CC1C. The number of nitrogens with zero attached hydrogens (tertiary/aromatic N) is 4. The normalized spacial score (nSPS) is 21.3. The van der Waals surface area contributed by atoms with Crippen molar-refractivity contribution in [2.45, 2.75) is 26.0 Å². The van der Waals surface area contributed by atoms with Crippen LogP contribution in [-0.4, -0.2) is 58.3 Å². The van der Waals surface area contributed by atoms with Crippen molar-refractivity contribution < 1.29 is 9.50 Å². The molecule has 2 unspecified atom stereocenters. The molecule has 1 saturated heterocycles. The molecule has 1 aliphatic heterocycles. The molecule has 1 aromatic carbocycles. The third-order valence-electron chi connectivity index (χ3n) is 4.16. The molecule has 2 atom stereocenters. The minimum Gasteiger partial charge on any atom is -0.392 e. The number of halogens is 1. The number of aromatic nitrogens is 2. The maximum Gasteiger partial charge on any atom is 0.149 e. The van der Waals surface area contributed by atoms with Gasteiger partial charge in [0.25, 0.3) is 0 Å². The topological polar surface area (TPSA) is 52.5 Å². The number of hydrogen-bond acceptors (Lipinski definition) is 5.